The molecular weight excluding hydrogens is 336 g/mol. The number of amides is 1. The highest BCUT2D eigenvalue weighted by atomic mass is 16.3. The number of carbonyl (C=O) groups is 1. The van der Waals surface area contributed by atoms with Crippen molar-refractivity contribution in [3.8, 4) is 0 Å². The van der Waals surface area contributed by atoms with Gasteiger partial charge in [0, 0.05) is 19.6 Å². The van der Waals surface area contributed by atoms with E-state index in [1.54, 1.807) is 6.26 Å². The first-order valence-electron chi connectivity index (χ1n) is 10.4. The molecule has 3 heterocycles. The molecule has 0 N–H and O–H groups in total. The minimum atomic E-state index is 0.152. The third-order valence-electron chi connectivity index (χ3n) is 6.11. The van der Waals surface area contributed by atoms with Gasteiger partial charge in [0.05, 0.1) is 18.7 Å². The van der Waals surface area contributed by atoms with E-state index in [1.807, 2.05) is 12.1 Å². The van der Waals surface area contributed by atoms with E-state index in [4.69, 9.17) is 4.42 Å². The fourth-order valence-electron chi connectivity index (χ4n) is 4.59. The van der Waals surface area contributed by atoms with E-state index in [0.717, 1.165) is 70.6 Å². The summed E-state index contributed by atoms with van der Waals surface area (Å²) >= 11 is 0. The monoisotopic (exact) mass is 366 g/mol. The van der Waals surface area contributed by atoms with Crippen molar-refractivity contribution in [2.75, 3.05) is 26.2 Å². The van der Waals surface area contributed by atoms with Gasteiger partial charge in [0.15, 0.2) is 0 Å². The molecule has 0 saturated carbocycles. The largest absolute Gasteiger partial charge is 0.468 e. The molecule has 1 aromatic carbocycles. The van der Waals surface area contributed by atoms with Crippen LogP contribution < -0.4 is 0 Å². The first-order chi connectivity index (χ1) is 13.3. The molecule has 4 rings (SSSR count). The highest BCUT2D eigenvalue weighted by molar-refractivity contribution is 5.79. The van der Waals surface area contributed by atoms with Crippen LogP contribution in [0.25, 0.3) is 0 Å². The van der Waals surface area contributed by atoms with Crippen LogP contribution in [-0.2, 0) is 17.8 Å². The zero-order valence-electron chi connectivity index (χ0n) is 16.1. The zero-order chi connectivity index (χ0) is 18.5. The summed E-state index contributed by atoms with van der Waals surface area (Å²) in [5, 5.41) is 0. The predicted molar refractivity (Wildman–Crippen MR) is 106 cm³/mol. The Morgan fingerprint density at radius 1 is 1.00 bits per heavy atom. The van der Waals surface area contributed by atoms with Crippen molar-refractivity contribution in [1.29, 1.82) is 0 Å². The van der Waals surface area contributed by atoms with E-state index in [0.29, 0.717) is 11.8 Å². The fraction of sp³-hybridized carbons (Fsp3) is 0.522. The van der Waals surface area contributed by atoms with Gasteiger partial charge < -0.3 is 9.32 Å². The van der Waals surface area contributed by atoms with E-state index in [2.05, 4.69) is 40.1 Å². The average molecular weight is 367 g/mol. The van der Waals surface area contributed by atoms with Crippen molar-refractivity contribution in [2.45, 2.75) is 38.6 Å². The number of hydrogen-bond acceptors (Lipinski definition) is 3. The minimum Gasteiger partial charge on any atom is -0.468 e. The molecule has 2 aliphatic heterocycles. The lowest BCUT2D eigenvalue weighted by atomic mass is 9.89. The highest BCUT2D eigenvalue weighted by Crippen LogP contribution is 2.26. The van der Waals surface area contributed by atoms with Gasteiger partial charge in [-0.2, -0.15) is 0 Å². The Morgan fingerprint density at radius 2 is 1.81 bits per heavy atom. The van der Waals surface area contributed by atoms with Gasteiger partial charge in [-0.15, -0.1) is 0 Å². The van der Waals surface area contributed by atoms with Gasteiger partial charge in [-0.3, -0.25) is 9.69 Å². The second kappa shape index (κ2) is 8.75. The van der Waals surface area contributed by atoms with Gasteiger partial charge in [-0.05, 0) is 62.3 Å². The summed E-state index contributed by atoms with van der Waals surface area (Å²) in [6.45, 7) is 4.58. The first-order valence-corrected chi connectivity index (χ1v) is 10.4. The summed E-state index contributed by atoms with van der Waals surface area (Å²) in [7, 11) is 0. The normalized spacial score (nSPS) is 22.1. The lowest BCUT2D eigenvalue weighted by Crippen LogP contribution is -2.47. The first kappa shape index (κ1) is 18.3. The lowest BCUT2D eigenvalue weighted by Gasteiger charge is -2.37. The minimum absolute atomic E-state index is 0.152. The summed E-state index contributed by atoms with van der Waals surface area (Å²) in [4.78, 5) is 17.5. The quantitative estimate of drug-likeness (QED) is 0.803. The Kier molecular flexibility index (Phi) is 5.93. The number of carbonyl (C=O) groups excluding carboxylic acids is 1. The van der Waals surface area contributed by atoms with Crippen LogP contribution in [0.15, 0.2) is 53.1 Å². The van der Waals surface area contributed by atoms with Crippen LogP contribution in [0.5, 0.6) is 0 Å². The molecule has 1 amide bonds. The van der Waals surface area contributed by atoms with E-state index in [9.17, 15) is 4.79 Å². The van der Waals surface area contributed by atoms with Crippen molar-refractivity contribution >= 4 is 5.91 Å². The summed E-state index contributed by atoms with van der Waals surface area (Å²) in [5.74, 6) is 2.22. The van der Waals surface area contributed by atoms with Crippen molar-refractivity contribution in [3.63, 3.8) is 0 Å². The molecule has 0 unspecified atom stereocenters. The average Bonchev–Trinajstić information content (AvgIpc) is 3.22. The standard InChI is InChI=1S/C23H30N2O2/c26-23(21-8-4-12-24(17-21)18-22-9-5-15-27-22)25-13-10-20(11-14-25)16-19-6-2-1-3-7-19/h1-3,5-7,9,15,20-21H,4,8,10-14,16-18H2/t21-/m1/s1. The van der Waals surface area contributed by atoms with E-state index in [1.165, 1.54) is 5.56 Å². The van der Waals surface area contributed by atoms with Crippen LogP contribution in [-0.4, -0.2) is 41.9 Å². The summed E-state index contributed by atoms with van der Waals surface area (Å²) in [6, 6.07) is 14.7. The van der Waals surface area contributed by atoms with E-state index in [-0.39, 0.29) is 5.92 Å². The van der Waals surface area contributed by atoms with Crippen LogP contribution in [0, 0.1) is 11.8 Å². The van der Waals surface area contributed by atoms with Gasteiger partial charge >= 0.3 is 0 Å². The van der Waals surface area contributed by atoms with Crippen LogP contribution in [0.2, 0.25) is 0 Å². The Labute approximate surface area is 162 Å². The third-order valence-corrected chi connectivity index (χ3v) is 6.11. The fourth-order valence-corrected chi connectivity index (χ4v) is 4.59. The Morgan fingerprint density at radius 3 is 2.56 bits per heavy atom. The number of benzene rings is 1. The van der Waals surface area contributed by atoms with E-state index < -0.39 is 0 Å². The molecule has 4 heteroatoms. The second-order valence-electron chi connectivity index (χ2n) is 8.11. The molecule has 1 atom stereocenters. The van der Waals surface area contributed by atoms with Crippen LogP contribution >= 0.6 is 0 Å². The smallest absolute Gasteiger partial charge is 0.226 e. The summed E-state index contributed by atoms with van der Waals surface area (Å²) < 4.78 is 5.47. The molecule has 2 saturated heterocycles. The third kappa shape index (κ3) is 4.81. The molecule has 0 aliphatic carbocycles. The summed E-state index contributed by atoms with van der Waals surface area (Å²) in [5.41, 5.74) is 1.42. The molecular formula is C23H30N2O2. The van der Waals surface area contributed by atoms with Crippen LogP contribution in [0.3, 0.4) is 0 Å². The predicted octanol–water partition coefficient (Wildman–Crippen LogP) is 3.97. The number of piperidine rings is 2. The van der Waals surface area contributed by atoms with Gasteiger partial charge in [0.25, 0.3) is 0 Å². The number of nitrogens with zero attached hydrogens (tertiary/aromatic N) is 2. The molecule has 2 aliphatic rings. The molecule has 4 nitrogen and oxygen atoms in total. The van der Waals surface area contributed by atoms with Crippen molar-refractivity contribution in [1.82, 2.24) is 9.80 Å². The van der Waals surface area contributed by atoms with Gasteiger partial charge in [0.1, 0.15) is 5.76 Å². The highest BCUT2D eigenvalue weighted by Gasteiger charge is 2.31. The number of furan rings is 1. The molecule has 2 aromatic rings. The van der Waals surface area contributed by atoms with Crippen LogP contribution in [0.1, 0.15) is 37.0 Å². The lowest BCUT2D eigenvalue weighted by molar-refractivity contribution is -0.138. The van der Waals surface area contributed by atoms with Gasteiger partial charge in [-0.1, -0.05) is 30.3 Å². The topological polar surface area (TPSA) is 36.7 Å². The Balaban J connectivity index is 1.26. The maximum Gasteiger partial charge on any atom is 0.226 e. The molecule has 144 valence electrons. The van der Waals surface area contributed by atoms with Crippen molar-refractivity contribution in [2.24, 2.45) is 11.8 Å². The SMILES string of the molecule is O=C([C@@H]1CCCN(Cc2ccco2)C1)N1CCC(Cc2ccccc2)CC1. The molecule has 0 spiro atoms. The van der Waals surface area contributed by atoms with Crippen molar-refractivity contribution < 1.29 is 9.21 Å². The van der Waals surface area contributed by atoms with Gasteiger partial charge in [0.2, 0.25) is 5.91 Å². The van der Waals surface area contributed by atoms with Crippen molar-refractivity contribution in [3.05, 3.63) is 60.1 Å². The van der Waals surface area contributed by atoms with Crippen LogP contribution in [0.4, 0.5) is 0 Å². The number of likely N-dealkylation sites (tertiary alicyclic amines) is 2. The molecule has 27 heavy (non-hydrogen) atoms. The Bertz CT molecular complexity index is 705. The second-order valence-corrected chi connectivity index (χ2v) is 8.11. The molecule has 1 aromatic heterocycles. The van der Waals surface area contributed by atoms with Gasteiger partial charge in [-0.25, -0.2) is 0 Å². The zero-order valence-corrected chi connectivity index (χ0v) is 16.1. The molecule has 0 bridgehead atoms. The molecule has 0 radical (unpaired) electrons. The number of rotatable bonds is 5. The maximum absolute atomic E-state index is 13.0. The van der Waals surface area contributed by atoms with E-state index >= 15 is 0 Å². The summed E-state index contributed by atoms with van der Waals surface area (Å²) in [6.07, 6.45) is 7.25. The number of hydrogen-bond donors (Lipinski definition) is 0. The maximum atomic E-state index is 13.0. The Hall–Kier alpha value is -2.07. The molecule has 2 fully saturated rings.